The maximum absolute atomic E-state index is 12.8. The summed E-state index contributed by atoms with van der Waals surface area (Å²) in [6, 6.07) is 16.7. The number of nitrogens with zero attached hydrogens (tertiary/aromatic N) is 2. The molecule has 7 heteroatoms. The van der Waals surface area contributed by atoms with E-state index in [1.54, 1.807) is 12.1 Å². The molecule has 1 amide bonds. The largest absolute Gasteiger partial charge is 0.358 e. The Kier molecular flexibility index (Phi) is 5.19. The fourth-order valence-electron chi connectivity index (χ4n) is 3.87. The molecule has 1 fully saturated rings. The zero-order valence-corrected chi connectivity index (χ0v) is 17.4. The molecule has 1 aliphatic heterocycles. The third-order valence-corrected chi connectivity index (χ3v) is 7.48. The average Bonchev–Trinajstić information content (AvgIpc) is 3.17. The molecule has 152 valence electrons. The number of carbonyl (C=O) groups excluding carboxylic acids is 1. The van der Waals surface area contributed by atoms with Crippen LogP contribution < -0.4 is 0 Å². The first-order chi connectivity index (χ1) is 13.9. The fraction of sp³-hybridized carbons (Fsp3) is 0.318. The van der Waals surface area contributed by atoms with E-state index in [1.165, 1.54) is 41.6 Å². The van der Waals surface area contributed by atoms with Crippen molar-refractivity contribution in [3.05, 3.63) is 65.9 Å². The van der Waals surface area contributed by atoms with Crippen molar-refractivity contribution in [1.82, 2.24) is 14.2 Å². The van der Waals surface area contributed by atoms with Crippen molar-refractivity contribution >= 4 is 26.8 Å². The fourth-order valence-corrected chi connectivity index (χ4v) is 4.77. The number of H-pyrrole nitrogens is 1. The molecule has 2 aromatic carbocycles. The number of carbonyl (C=O) groups is 1. The zero-order chi connectivity index (χ0) is 20.6. The Bertz CT molecular complexity index is 1090. The molecule has 0 atom stereocenters. The molecule has 1 N–H and O–H groups in total. The van der Waals surface area contributed by atoms with E-state index in [2.05, 4.69) is 23.2 Å². The summed E-state index contributed by atoms with van der Waals surface area (Å²) >= 11 is 0. The van der Waals surface area contributed by atoms with Gasteiger partial charge in [-0.15, -0.1) is 0 Å². The molecular weight excluding hydrogens is 386 g/mol. The second-order valence-corrected chi connectivity index (χ2v) is 9.84. The lowest BCUT2D eigenvalue weighted by Gasteiger charge is -2.31. The predicted octanol–water partition coefficient (Wildman–Crippen LogP) is 3.44. The third kappa shape index (κ3) is 3.80. The van der Waals surface area contributed by atoms with Gasteiger partial charge >= 0.3 is 0 Å². The number of amides is 1. The number of aromatic nitrogens is 1. The van der Waals surface area contributed by atoms with Gasteiger partial charge in [-0.05, 0) is 54.6 Å². The second kappa shape index (κ2) is 7.65. The number of nitrogens with one attached hydrogen (secondary N) is 1. The van der Waals surface area contributed by atoms with Gasteiger partial charge in [0.25, 0.3) is 5.91 Å². The number of fused-ring (bicyclic) bond motifs is 1. The van der Waals surface area contributed by atoms with Gasteiger partial charge in [0.05, 0.1) is 4.90 Å². The van der Waals surface area contributed by atoms with E-state index in [9.17, 15) is 13.2 Å². The molecule has 0 aliphatic carbocycles. The number of benzene rings is 2. The van der Waals surface area contributed by atoms with Crippen molar-refractivity contribution in [3.63, 3.8) is 0 Å². The van der Waals surface area contributed by atoms with Gasteiger partial charge in [0.15, 0.2) is 0 Å². The van der Waals surface area contributed by atoms with Crippen LogP contribution in [-0.4, -0.2) is 55.7 Å². The van der Waals surface area contributed by atoms with Gasteiger partial charge in [-0.25, -0.2) is 12.7 Å². The molecule has 0 unspecified atom stereocenters. The van der Waals surface area contributed by atoms with Crippen LogP contribution in [0.15, 0.2) is 59.5 Å². The molecule has 0 bridgehead atoms. The van der Waals surface area contributed by atoms with Gasteiger partial charge in [0.1, 0.15) is 0 Å². The Balaban J connectivity index is 1.42. The lowest BCUT2D eigenvalue weighted by molar-refractivity contribution is 0.0712. The van der Waals surface area contributed by atoms with E-state index in [-0.39, 0.29) is 10.8 Å². The number of aromatic amines is 1. The van der Waals surface area contributed by atoms with Gasteiger partial charge < -0.3 is 9.88 Å². The van der Waals surface area contributed by atoms with Gasteiger partial charge in [-0.2, -0.15) is 0 Å². The van der Waals surface area contributed by atoms with E-state index >= 15 is 0 Å². The minimum absolute atomic E-state index is 0.0473. The maximum Gasteiger partial charge on any atom is 0.253 e. The molecule has 2 heterocycles. The van der Waals surface area contributed by atoms with Crippen LogP contribution in [0.5, 0.6) is 0 Å². The highest BCUT2D eigenvalue weighted by atomic mass is 32.2. The predicted molar refractivity (Wildman–Crippen MR) is 113 cm³/mol. The molecule has 1 aromatic heterocycles. The van der Waals surface area contributed by atoms with Crippen molar-refractivity contribution in [2.75, 3.05) is 27.2 Å². The highest BCUT2D eigenvalue weighted by Crippen LogP contribution is 2.30. The standard InChI is InChI=1S/C22H25N3O3S/c1-24(2)29(27,28)19-9-7-17(8-10-19)22(26)25-13-11-16(12-14-25)21-15-18-5-3-4-6-20(18)23-21/h3-10,15-16,23H,11-14H2,1-2H3. The number of hydrogen-bond acceptors (Lipinski definition) is 3. The van der Waals surface area contributed by atoms with Gasteiger partial charge in [-0.1, -0.05) is 18.2 Å². The summed E-state index contributed by atoms with van der Waals surface area (Å²) in [6.07, 6.45) is 1.82. The lowest BCUT2D eigenvalue weighted by atomic mass is 9.93. The first-order valence-electron chi connectivity index (χ1n) is 9.76. The molecular formula is C22H25N3O3S. The molecule has 0 radical (unpaired) electrons. The topological polar surface area (TPSA) is 73.5 Å². The summed E-state index contributed by atoms with van der Waals surface area (Å²) in [5.74, 6) is 0.368. The number of sulfonamides is 1. The number of para-hydroxylation sites is 1. The SMILES string of the molecule is CN(C)S(=O)(=O)c1ccc(C(=O)N2CCC(c3cc4ccccc4[nH]3)CC2)cc1. The van der Waals surface area contributed by atoms with E-state index in [0.29, 0.717) is 24.6 Å². The Morgan fingerprint density at radius 3 is 2.31 bits per heavy atom. The first-order valence-corrected chi connectivity index (χ1v) is 11.2. The normalized spacial score (nSPS) is 15.9. The first kappa shape index (κ1) is 19.7. The van der Waals surface area contributed by atoms with Crippen LogP contribution in [0, 0.1) is 0 Å². The van der Waals surface area contributed by atoms with Crippen molar-refractivity contribution < 1.29 is 13.2 Å². The maximum atomic E-state index is 12.8. The highest BCUT2D eigenvalue weighted by molar-refractivity contribution is 7.89. The average molecular weight is 412 g/mol. The molecule has 0 saturated carbocycles. The smallest absolute Gasteiger partial charge is 0.253 e. The van der Waals surface area contributed by atoms with Gasteiger partial charge in [0, 0.05) is 49.9 Å². The molecule has 3 aromatic rings. The molecule has 29 heavy (non-hydrogen) atoms. The van der Waals surface area contributed by atoms with Crippen LogP contribution in [0.2, 0.25) is 0 Å². The van der Waals surface area contributed by atoms with Crippen LogP contribution in [0.25, 0.3) is 10.9 Å². The highest BCUT2D eigenvalue weighted by Gasteiger charge is 2.26. The number of piperidine rings is 1. The van der Waals surface area contributed by atoms with Crippen molar-refractivity contribution in [2.24, 2.45) is 0 Å². The molecule has 1 saturated heterocycles. The zero-order valence-electron chi connectivity index (χ0n) is 16.6. The molecule has 4 rings (SSSR count). The van der Waals surface area contributed by atoms with E-state index < -0.39 is 10.0 Å². The van der Waals surface area contributed by atoms with Crippen LogP contribution in [0.1, 0.15) is 34.8 Å². The van der Waals surface area contributed by atoms with Crippen LogP contribution in [0.3, 0.4) is 0 Å². The summed E-state index contributed by atoms with van der Waals surface area (Å²) in [5, 5.41) is 1.22. The van der Waals surface area contributed by atoms with Gasteiger partial charge in [0.2, 0.25) is 10.0 Å². The van der Waals surface area contributed by atoms with E-state index in [4.69, 9.17) is 0 Å². The second-order valence-electron chi connectivity index (χ2n) is 7.69. The summed E-state index contributed by atoms with van der Waals surface area (Å²) in [7, 11) is -0.505. The van der Waals surface area contributed by atoms with Gasteiger partial charge in [-0.3, -0.25) is 4.79 Å². The minimum atomic E-state index is -3.49. The van der Waals surface area contributed by atoms with E-state index in [1.807, 2.05) is 17.0 Å². The quantitative estimate of drug-likeness (QED) is 0.715. The summed E-state index contributed by atoms with van der Waals surface area (Å²) in [4.78, 5) is 18.4. The van der Waals surface area contributed by atoms with Crippen molar-refractivity contribution in [1.29, 1.82) is 0 Å². The van der Waals surface area contributed by atoms with Crippen molar-refractivity contribution in [3.8, 4) is 0 Å². The minimum Gasteiger partial charge on any atom is -0.358 e. The Morgan fingerprint density at radius 2 is 1.69 bits per heavy atom. The Labute approximate surface area is 171 Å². The summed E-state index contributed by atoms with van der Waals surface area (Å²) in [5.41, 5.74) is 2.90. The summed E-state index contributed by atoms with van der Waals surface area (Å²) < 4.78 is 25.5. The number of rotatable bonds is 4. The number of hydrogen-bond donors (Lipinski definition) is 1. The monoisotopic (exact) mass is 411 g/mol. The molecule has 1 aliphatic rings. The van der Waals surface area contributed by atoms with Crippen LogP contribution >= 0.6 is 0 Å². The van der Waals surface area contributed by atoms with Crippen LogP contribution in [0.4, 0.5) is 0 Å². The van der Waals surface area contributed by atoms with E-state index in [0.717, 1.165) is 18.4 Å². The molecule has 6 nitrogen and oxygen atoms in total. The Morgan fingerprint density at radius 1 is 1.03 bits per heavy atom. The third-order valence-electron chi connectivity index (χ3n) is 5.65. The Hall–Kier alpha value is -2.64. The lowest BCUT2D eigenvalue weighted by Crippen LogP contribution is -2.38. The summed E-state index contributed by atoms with van der Waals surface area (Å²) in [6.45, 7) is 1.38. The molecule has 0 spiro atoms. The van der Waals surface area contributed by atoms with Crippen molar-refractivity contribution in [2.45, 2.75) is 23.7 Å². The number of likely N-dealkylation sites (tertiary alicyclic amines) is 1. The van der Waals surface area contributed by atoms with Crippen LogP contribution in [-0.2, 0) is 10.0 Å².